The van der Waals surface area contributed by atoms with Gasteiger partial charge in [0, 0.05) is 46.4 Å². The van der Waals surface area contributed by atoms with E-state index >= 15 is 0 Å². The minimum Gasteiger partial charge on any atom is -0.388 e. The lowest BCUT2D eigenvalue weighted by Crippen LogP contribution is -2.17. The first-order chi connectivity index (χ1) is 16.5. The van der Waals surface area contributed by atoms with Gasteiger partial charge < -0.3 is 10.6 Å². The molecule has 1 fully saturated rings. The Balaban J connectivity index is 1.51. The normalized spacial score (nSPS) is 18.1. The molecule has 0 aliphatic heterocycles. The van der Waals surface area contributed by atoms with Gasteiger partial charge in [0.2, 0.25) is 5.91 Å². The molecule has 0 heterocycles. The lowest BCUT2D eigenvalue weighted by molar-refractivity contribution is -0.117. The van der Waals surface area contributed by atoms with Crippen molar-refractivity contribution in [3.05, 3.63) is 92.2 Å². The maximum Gasteiger partial charge on any atom is 0.231 e. The van der Waals surface area contributed by atoms with Crippen LogP contribution in [0.15, 0.2) is 54.6 Å². The Morgan fingerprint density at radius 1 is 0.943 bits per heavy atom. The maximum absolute atomic E-state index is 14.3. The number of benzene rings is 3. The number of anilines is 2. The third-order valence-electron chi connectivity index (χ3n) is 5.81. The molecule has 0 radical (unpaired) electrons. The zero-order valence-electron chi connectivity index (χ0n) is 18.1. The number of carbonyl (C=O) groups excluding carboxylic acids is 2. The van der Waals surface area contributed by atoms with Crippen LogP contribution in [0, 0.1) is 11.7 Å². The average molecular weight is 575 g/mol. The summed E-state index contributed by atoms with van der Waals surface area (Å²) in [6, 6.07) is 13.9. The second kappa shape index (κ2) is 10.2. The van der Waals surface area contributed by atoms with Crippen molar-refractivity contribution in [1.82, 2.24) is 0 Å². The number of nitrogens with one attached hydrogen (secondary N) is 2. The molecule has 2 atom stereocenters. The minimum atomic E-state index is -1.35. The van der Waals surface area contributed by atoms with Gasteiger partial charge in [-0.15, -0.1) is 23.2 Å². The molecule has 35 heavy (non-hydrogen) atoms. The summed E-state index contributed by atoms with van der Waals surface area (Å²) >= 11 is 31.2. The van der Waals surface area contributed by atoms with Gasteiger partial charge in [-0.2, -0.15) is 0 Å². The van der Waals surface area contributed by atoms with Crippen molar-refractivity contribution in [2.24, 2.45) is 5.92 Å². The number of amides is 1. The highest BCUT2D eigenvalue weighted by Gasteiger charge is 2.67. The predicted octanol–water partition coefficient (Wildman–Crippen LogP) is 7.78. The van der Waals surface area contributed by atoms with Gasteiger partial charge in [-0.25, -0.2) is 4.39 Å². The Morgan fingerprint density at radius 3 is 2.23 bits per heavy atom. The van der Waals surface area contributed by atoms with E-state index in [0.29, 0.717) is 27.0 Å². The summed E-state index contributed by atoms with van der Waals surface area (Å²) in [6.07, 6.45) is -0.195. The van der Waals surface area contributed by atoms with Gasteiger partial charge in [0.05, 0.1) is 10.9 Å². The molecule has 1 aliphatic carbocycles. The highest BCUT2D eigenvalue weighted by atomic mass is 35.5. The summed E-state index contributed by atoms with van der Waals surface area (Å²) in [4.78, 5) is 25.9. The Hall–Kier alpha value is -2.02. The standard InChI is InChI=1S/C25H18Cl5FN2O2/c1-32-16-3-2-12(20(31)11-16)8-21(34)18-10-17(4-5-19(18)28)33-24(35)23-22(25(23,29)30)13-6-14(26)9-15(27)7-13/h2-7,9-11,22-23,32H,8H2,1H3,(H,33,35). The molecule has 4 nitrogen and oxygen atoms in total. The van der Waals surface area contributed by atoms with Gasteiger partial charge in [0.25, 0.3) is 0 Å². The molecule has 0 aromatic heterocycles. The van der Waals surface area contributed by atoms with E-state index in [1.807, 2.05) is 0 Å². The second-order valence-corrected chi connectivity index (χ2v) is 10.9. The summed E-state index contributed by atoms with van der Waals surface area (Å²) < 4.78 is 13.0. The fourth-order valence-corrected chi connectivity index (χ4v) is 5.57. The van der Waals surface area contributed by atoms with Crippen LogP contribution in [-0.2, 0) is 11.2 Å². The number of alkyl halides is 2. The first kappa shape index (κ1) is 26.1. The van der Waals surface area contributed by atoms with Crippen LogP contribution in [-0.4, -0.2) is 23.1 Å². The van der Waals surface area contributed by atoms with E-state index in [1.165, 1.54) is 24.3 Å². The number of hydrogen-bond donors (Lipinski definition) is 2. The monoisotopic (exact) mass is 572 g/mol. The number of rotatable bonds is 7. The van der Waals surface area contributed by atoms with Gasteiger partial charge in [0.1, 0.15) is 10.2 Å². The average Bonchev–Trinajstić information content (AvgIpc) is 3.37. The van der Waals surface area contributed by atoms with Crippen LogP contribution in [0.2, 0.25) is 15.1 Å². The second-order valence-electron chi connectivity index (χ2n) is 8.17. The lowest BCUT2D eigenvalue weighted by Gasteiger charge is -2.10. The van der Waals surface area contributed by atoms with Crippen molar-refractivity contribution in [1.29, 1.82) is 0 Å². The van der Waals surface area contributed by atoms with Crippen molar-refractivity contribution in [2.75, 3.05) is 17.7 Å². The van der Waals surface area contributed by atoms with E-state index in [2.05, 4.69) is 10.6 Å². The van der Waals surface area contributed by atoms with Crippen LogP contribution in [0.4, 0.5) is 15.8 Å². The molecule has 1 saturated carbocycles. The largest absolute Gasteiger partial charge is 0.388 e. The first-order valence-electron chi connectivity index (χ1n) is 10.4. The fraction of sp³-hybridized carbons (Fsp3) is 0.200. The molecule has 0 saturated heterocycles. The summed E-state index contributed by atoms with van der Waals surface area (Å²) in [6.45, 7) is 0. The van der Waals surface area contributed by atoms with Gasteiger partial charge in [-0.1, -0.05) is 40.9 Å². The van der Waals surface area contributed by atoms with E-state index in [1.54, 1.807) is 37.4 Å². The zero-order chi connectivity index (χ0) is 25.5. The summed E-state index contributed by atoms with van der Waals surface area (Å²) in [5, 5.41) is 6.56. The lowest BCUT2D eigenvalue weighted by atomic mass is 10.0. The van der Waals surface area contributed by atoms with Crippen LogP contribution in [0.3, 0.4) is 0 Å². The topological polar surface area (TPSA) is 58.2 Å². The minimum absolute atomic E-state index is 0.151. The Morgan fingerprint density at radius 2 is 1.60 bits per heavy atom. The quantitative estimate of drug-likeness (QED) is 0.224. The van der Waals surface area contributed by atoms with Crippen LogP contribution in [0.1, 0.15) is 27.4 Å². The third kappa shape index (κ3) is 5.55. The van der Waals surface area contributed by atoms with Crippen LogP contribution in [0.25, 0.3) is 0 Å². The van der Waals surface area contributed by atoms with E-state index in [0.717, 1.165) is 0 Å². The fourth-order valence-electron chi connectivity index (χ4n) is 3.97. The molecular formula is C25H18Cl5FN2O2. The van der Waals surface area contributed by atoms with Gasteiger partial charge in [-0.05, 0) is 59.7 Å². The summed E-state index contributed by atoms with van der Waals surface area (Å²) in [5.74, 6) is -2.63. The molecule has 3 aromatic carbocycles. The van der Waals surface area contributed by atoms with Crippen molar-refractivity contribution in [2.45, 2.75) is 16.7 Å². The number of ketones is 1. The first-order valence-corrected chi connectivity index (χ1v) is 12.3. The van der Waals surface area contributed by atoms with Crippen molar-refractivity contribution >= 4 is 81.1 Å². The van der Waals surface area contributed by atoms with Crippen molar-refractivity contribution < 1.29 is 14.0 Å². The molecule has 1 amide bonds. The highest BCUT2D eigenvalue weighted by Crippen LogP contribution is 2.65. The summed E-state index contributed by atoms with van der Waals surface area (Å²) in [5.41, 5.74) is 1.95. The zero-order valence-corrected chi connectivity index (χ0v) is 21.9. The molecule has 2 unspecified atom stereocenters. The van der Waals surface area contributed by atoms with E-state index in [-0.39, 0.29) is 22.6 Å². The number of carbonyl (C=O) groups is 2. The van der Waals surface area contributed by atoms with Crippen LogP contribution < -0.4 is 10.6 Å². The maximum atomic E-state index is 14.3. The Kier molecular flexibility index (Phi) is 7.56. The van der Waals surface area contributed by atoms with Crippen LogP contribution >= 0.6 is 58.0 Å². The molecule has 4 rings (SSSR count). The van der Waals surface area contributed by atoms with Gasteiger partial charge in [-0.3, -0.25) is 9.59 Å². The van der Waals surface area contributed by atoms with Crippen LogP contribution in [0.5, 0.6) is 0 Å². The third-order valence-corrected chi connectivity index (χ3v) is 7.51. The Bertz CT molecular complexity index is 1310. The van der Waals surface area contributed by atoms with E-state index in [4.69, 9.17) is 58.0 Å². The van der Waals surface area contributed by atoms with Crippen molar-refractivity contribution in [3.63, 3.8) is 0 Å². The molecule has 1 aliphatic rings. The summed E-state index contributed by atoms with van der Waals surface area (Å²) in [7, 11) is 1.67. The molecule has 3 aromatic rings. The van der Waals surface area contributed by atoms with Gasteiger partial charge in [0.15, 0.2) is 5.78 Å². The molecule has 2 N–H and O–H groups in total. The molecule has 0 spiro atoms. The van der Waals surface area contributed by atoms with E-state index < -0.39 is 33.7 Å². The Labute approximate surface area is 226 Å². The van der Waals surface area contributed by atoms with Gasteiger partial charge >= 0.3 is 0 Å². The molecule has 182 valence electrons. The molecule has 0 bridgehead atoms. The number of Topliss-reactive ketones (excluding diaryl/α,β-unsaturated/α-hetero) is 1. The predicted molar refractivity (Wildman–Crippen MR) is 141 cm³/mol. The SMILES string of the molecule is CNc1ccc(CC(=O)c2cc(NC(=O)C3C(c4cc(Cl)cc(Cl)c4)C3(Cl)Cl)ccc2Cl)c(F)c1. The molecular weight excluding hydrogens is 557 g/mol. The smallest absolute Gasteiger partial charge is 0.231 e. The van der Waals surface area contributed by atoms with Crippen molar-refractivity contribution in [3.8, 4) is 0 Å². The number of halogens is 6. The molecule has 10 heteroatoms. The van der Waals surface area contributed by atoms with E-state index in [9.17, 15) is 14.0 Å². The highest BCUT2D eigenvalue weighted by molar-refractivity contribution is 6.53. The number of hydrogen-bond acceptors (Lipinski definition) is 3.